The fourth-order valence-electron chi connectivity index (χ4n) is 2.51. The molecule has 0 aliphatic heterocycles. The molecule has 20 heavy (non-hydrogen) atoms. The van der Waals surface area contributed by atoms with Crippen molar-refractivity contribution in [3.05, 3.63) is 16.1 Å². The van der Waals surface area contributed by atoms with Gasteiger partial charge in [0.15, 0.2) is 0 Å². The van der Waals surface area contributed by atoms with Crippen molar-refractivity contribution in [3.8, 4) is 0 Å². The van der Waals surface area contributed by atoms with Crippen LogP contribution in [0.25, 0.3) is 0 Å². The predicted octanol–water partition coefficient (Wildman–Crippen LogP) is 2.51. The Morgan fingerprint density at radius 2 is 2.20 bits per heavy atom. The molecule has 1 saturated carbocycles. The monoisotopic (exact) mass is 297 g/mol. The maximum atomic E-state index is 11.9. The number of urea groups is 1. The van der Waals surface area contributed by atoms with Crippen LogP contribution in [0.5, 0.6) is 0 Å². The Labute approximate surface area is 123 Å². The first-order valence-electron chi connectivity index (χ1n) is 7.17. The maximum Gasteiger partial charge on any atom is 0.315 e. The van der Waals surface area contributed by atoms with Crippen LogP contribution in [0.4, 0.5) is 4.79 Å². The zero-order valence-electron chi connectivity index (χ0n) is 12.1. The van der Waals surface area contributed by atoms with E-state index in [1.165, 1.54) is 6.42 Å². The number of aryl methyl sites for hydroxylation is 1. The Kier molecular flexibility index (Phi) is 4.99. The molecular formula is C14H23N3O2S. The van der Waals surface area contributed by atoms with Gasteiger partial charge in [-0.05, 0) is 26.7 Å². The number of hydrogen-bond donors (Lipinski definition) is 3. The molecule has 5 nitrogen and oxygen atoms in total. The largest absolute Gasteiger partial charge is 0.388 e. The Hall–Kier alpha value is -1.14. The average Bonchev–Trinajstić information content (AvgIpc) is 2.84. The van der Waals surface area contributed by atoms with Gasteiger partial charge in [0.1, 0.15) is 5.01 Å². The van der Waals surface area contributed by atoms with Crippen LogP contribution in [0.15, 0.2) is 5.38 Å². The number of thiazole rings is 1. The normalized spacial score (nSPS) is 19.4. The standard InChI is InChI=1S/C14H23N3O2S/c1-10-8-20-12(16-10)11(2)17-13(18)15-9-14(19)6-4-3-5-7-14/h8,11,19H,3-7,9H2,1-2H3,(H2,15,17,18). The lowest BCUT2D eigenvalue weighted by Crippen LogP contribution is -2.47. The Morgan fingerprint density at radius 1 is 1.50 bits per heavy atom. The van der Waals surface area contributed by atoms with Gasteiger partial charge in [-0.2, -0.15) is 0 Å². The first-order chi connectivity index (χ1) is 9.48. The fraction of sp³-hybridized carbons (Fsp3) is 0.714. The second kappa shape index (κ2) is 6.54. The molecule has 3 N–H and O–H groups in total. The summed E-state index contributed by atoms with van der Waals surface area (Å²) < 4.78 is 0. The summed E-state index contributed by atoms with van der Waals surface area (Å²) >= 11 is 1.54. The Bertz CT molecular complexity index is 455. The molecule has 0 radical (unpaired) electrons. The number of aromatic nitrogens is 1. The third-order valence-corrected chi connectivity index (χ3v) is 4.86. The van der Waals surface area contributed by atoms with Crippen molar-refractivity contribution in [3.63, 3.8) is 0 Å². The average molecular weight is 297 g/mol. The number of carbonyl (C=O) groups excluding carboxylic acids is 1. The van der Waals surface area contributed by atoms with Crippen molar-refractivity contribution in [1.82, 2.24) is 15.6 Å². The molecule has 1 heterocycles. The van der Waals surface area contributed by atoms with E-state index < -0.39 is 5.60 Å². The number of rotatable bonds is 4. The van der Waals surface area contributed by atoms with Crippen LogP contribution in [0, 0.1) is 6.92 Å². The molecule has 1 atom stereocenters. The Morgan fingerprint density at radius 3 is 2.80 bits per heavy atom. The lowest BCUT2D eigenvalue weighted by atomic mass is 9.85. The third-order valence-electron chi connectivity index (χ3n) is 3.72. The van der Waals surface area contributed by atoms with Gasteiger partial charge < -0.3 is 15.7 Å². The van der Waals surface area contributed by atoms with Gasteiger partial charge in [0.05, 0.1) is 11.6 Å². The lowest BCUT2D eigenvalue weighted by molar-refractivity contribution is 0.00714. The summed E-state index contributed by atoms with van der Waals surface area (Å²) in [5.74, 6) is 0. The summed E-state index contributed by atoms with van der Waals surface area (Å²) in [5.41, 5.74) is 0.243. The van der Waals surface area contributed by atoms with E-state index in [2.05, 4.69) is 15.6 Å². The van der Waals surface area contributed by atoms with Gasteiger partial charge in [0.2, 0.25) is 0 Å². The highest BCUT2D eigenvalue weighted by Gasteiger charge is 2.29. The molecule has 6 heteroatoms. The highest BCUT2D eigenvalue weighted by atomic mass is 32.1. The molecule has 1 unspecified atom stereocenters. The molecular weight excluding hydrogens is 274 g/mol. The van der Waals surface area contributed by atoms with Crippen molar-refractivity contribution in [1.29, 1.82) is 0 Å². The molecule has 1 fully saturated rings. The molecule has 1 aliphatic carbocycles. The van der Waals surface area contributed by atoms with Gasteiger partial charge in [0, 0.05) is 17.6 Å². The van der Waals surface area contributed by atoms with Crippen LogP contribution >= 0.6 is 11.3 Å². The van der Waals surface area contributed by atoms with Crippen molar-refractivity contribution in [2.45, 2.75) is 57.6 Å². The number of amides is 2. The van der Waals surface area contributed by atoms with Crippen LogP contribution in [-0.2, 0) is 0 Å². The van der Waals surface area contributed by atoms with E-state index in [9.17, 15) is 9.90 Å². The topological polar surface area (TPSA) is 74.2 Å². The number of nitrogens with zero attached hydrogens (tertiary/aromatic N) is 1. The molecule has 2 amide bonds. The van der Waals surface area contributed by atoms with E-state index >= 15 is 0 Å². The fourth-order valence-corrected chi connectivity index (χ4v) is 3.32. The summed E-state index contributed by atoms with van der Waals surface area (Å²) in [6.45, 7) is 4.17. The second-order valence-electron chi connectivity index (χ2n) is 5.66. The number of nitrogens with one attached hydrogen (secondary N) is 2. The van der Waals surface area contributed by atoms with E-state index in [-0.39, 0.29) is 12.1 Å². The van der Waals surface area contributed by atoms with Crippen molar-refractivity contribution in [2.75, 3.05) is 6.54 Å². The highest BCUT2D eigenvalue weighted by Crippen LogP contribution is 2.27. The first-order valence-corrected chi connectivity index (χ1v) is 8.05. The third kappa shape index (κ3) is 4.18. The highest BCUT2D eigenvalue weighted by molar-refractivity contribution is 7.09. The summed E-state index contributed by atoms with van der Waals surface area (Å²) in [4.78, 5) is 16.2. The Balaban J connectivity index is 1.77. The minimum Gasteiger partial charge on any atom is -0.388 e. The van der Waals surface area contributed by atoms with E-state index in [4.69, 9.17) is 0 Å². The minimum atomic E-state index is -0.726. The van der Waals surface area contributed by atoms with Crippen LogP contribution in [0.1, 0.15) is 55.8 Å². The molecule has 1 aromatic heterocycles. The SMILES string of the molecule is Cc1csc(C(C)NC(=O)NCC2(O)CCCCC2)n1. The van der Waals surface area contributed by atoms with Crippen molar-refractivity contribution in [2.24, 2.45) is 0 Å². The van der Waals surface area contributed by atoms with Crippen molar-refractivity contribution < 1.29 is 9.90 Å². The summed E-state index contributed by atoms with van der Waals surface area (Å²) in [7, 11) is 0. The van der Waals surface area contributed by atoms with Gasteiger partial charge in [0.25, 0.3) is 0 Å². The summed E-state index contributed by atoms with van der Waals surface area (Å²) in [6.07, 6.45) is 4.79. The second-order valence-corrected chi connectivity index (χ2v) is 6.55. The van der Waals surface area contributed by atoms with E-state index in [0.29, 0.717) is 6.54 Å². The molecule has 0 bridgehead atoms. The number of aliphatic hydroxyl groups is 1. The van der Waals surface area contributed by atoms with Gasteiger partial charge >= 0.3 is 6.03 Å². The van der Waals surface area contributed by atoms with E-state index in [0.717, 1.165) is 36.4 Å². The van der Waals surface area contributed by atoms with Crippen molar-refractivity contribution >= 4 is 17.4 Å². The van der Waals surface area contributed by atoms with E-state index in [1.807, 2.05) is 19.2 Å². The van der Waals surface area contributed by atoms with Gasteiger partial charge in [-0.15, -0.1) is 11.3 Å². The van der Waals surface area contributed by atoms with Crippen LogP contribution in [0.2, 0.25) is 0 Å². The summed E-state index contributed by atoms with van der Waals surface area (Å²) in [6, 6.07) is -0.362. The van der Waals surface area contributed by atoms with Crippen LogP contribution in [-0.4, -0.2) is 28.3 Å². The predicted molar refractivity (Wildman–Crippen MR) is 79.8 cm³/mol. The molecule has 1 aromatic rings. The minimum absolute atomic E-state index is 0.116. The number of hydrogen-bond acceptors (Lipinski definition) is 4. The van der Waals surface area contributed by atoms with Gasteiger partial charge in [-0.25, -0.2) is 9.78 Å². The molecule has 0 spiro atoms. The molecule has 112 valence electrons. The molecule has 0 aromatic carbocycles. The van der Waals surface area contributed by atoms with E-state index in [1.54, 1.807) is 11.3 Å². The van der Waals surface area contributed by atoms with Crippen LogP contribution in [0.3, 0.4) is 0 Å². The molecule has 1 aliphatic rings. The summed E-state index contributed by atoms with van der Waals surface area (Å²) in [5, 5.41) is 18.8. The maximum absolute atomic E-state index is 11.9. The molecule has 2 rings (SSSR count). The molecule has 0 saturated heterocycles. The number of carbonyl (C=O) groups is 1. The van der Waals surface area contributed by atoms with Gasteiger partial charge in [-0.3, -0.25) is 0 Å². The zero-order valence-corrected chi connectivity index (χ0v) is 12.9. The van der Waals surface area contributed by atoms with Crippen LogP contribution < -0.4 is 10.6 Å². The quantitative estimate of drug-likeness (QED) is 0.799. The zero-order chi connectivity index (χ0) is 14.6. The lowest BCUT2D eigenvalue weighted by Gasteiger charge is -2.32. The first kappa shape index (κ1) is 15.3. The van der Waals surface area contributed by atoms with Gasteiger partial charge in [-0.1, -0.05) is 19.3 Å². The smallest absolute Gasteiger partial charge is 0.315 e.